The standard InChI is InChI=1S/C16H26O2/c1-10(17)13-15(4)8-6-7-14(2,3)11(15)9-12-16(13,5)18-12/h11-13H,6-9H2,1-5H3/t11-,12?,13?,15-,16?/m1/s1. The van der Waals surface area contributed by atoms with E-state index in [4.69, 9.17) is 4.74 Å². The number of rotatable bonds is 1. The molecule has 1 heterocycles. The molecule has 2 nitrogen and oxygen atoms in total. The molecule has 0 amide bonds. The van der Waals surface area contributed by atoms with Crippen LogP contribution in [0.25, 0.3) is 0 Å². The van der Waals surface area contributed by atoms with E-state index in [-0.39, 0.29) is 16.9 Å². The summed E-state index contributed by atoms with van der Waals surface area (Å²) in [4.78, 5) is 12.2. The lowest BCUT2D eigenvalue weighted by Gasteiger charge is -2.56. The number of ketones is 1. The zero-order valence-corrected chi connectivity index (χ0v) is 12.4. The highest BCUT2D eigenvalue weighted by Crippen LogP contribution is 2.67. The Hall–Kier alpha value is -0.370. The van der Waals surface area contributed by atoms with Crippen LogP contribution in [0, 0.1) is 22.7 Å². The summed E-state index contributed by atoms with van der Waals surface area (Å²) in [6, 6.07) is 0. The number of fused-ring (bicyclic) bond motifs is 2. The van der Waals surface area contributed by atoms with Gasteiger partial charge in [0.2, 0.25) is 0 Å². The van der Waals surface area contributed by atoms with Gasteiger partial charge < -0.3 is 4.74 Å². The predicted octanol–water partition coefficient (Wildman–Crippen LogP) is 3.59. The van der Waals surface area contributed by atoms with E-state index < -0.39 is 0 Å². The Kier molecular flexibility index (Phi) is 2.38. The van der Waals surface area contributed by atoms with E-state index in [1.165, 1.54) is 19.3 Å². The van der Waals surface area contributed by atoms with Gasteiger partial charge >= 0.3 is 0 Å². The molecule has 0 aromatic rings. The molecule has 102 valence electrons. The fourth-order valence-corrected chi connectivity index (χ4v) is 5.65. The quantitative estimate of drug-likeness (QED) is 0.666. The SMILES string of the molecule is CC(=O)C1C2(C)OC2C[C@@H]2C(C)(C)CCC[C@@]12C. The molecule has 3 fully saturated rings. The summed E-state index contributed by atoms with van der Waals surface area (Å²) >= 11 is 0. The molecule has 1 aliphatic heterocycles. The molecule has 0 aromatic carbocycles. The summed E-state index contributed by atoms with van der Waals surface area (Å²) in [5, 5.41) is 0. The Morgan fingerprint density at radius 3 is 2.44 bits per heavy atom. The normalized spacial score (nSPS) is 53.3. The smallest absolute Gasteiger partial charge is 0.136 e. The average Bonchev–Trinajstić information content (AvgIpc) is 2.84. The number of epoxide rings is 1. The monoisotopic (exact) mass is 250 g/mol. The maximum atomic E-state index is 12.2. The first-order valence-electron chi connectivity index (χ1n) is 7.40. The number of hydrogen-bond donors (Lipinski definition) is 0. The fraction of sp³-hybridized carbons (Fsp3) is 0.938. The Balaban J connectivity index is 2.05. The van der Waals surface area contributed by atoms with E-state index in [9.17, 15) is 4.79 Å². The van der Waals surface area contributed by atoms with Crippen LogP contribution in [0.4, 0.5) is 0 Å². The van der Waals surface area contributed by atoms with Gasteiger partial charge in [-0.05, 0) is 49.9 Å². The molecular weight excluding hydrogens is 224 g/mol. The van der Waals surface area contributed by atoms with Crippen LogP contribution >= 0.6 is 0 Å². The lowest BCUT2D eigenvalue weighted by atomic mass is 9.46. The summed E-state index contributed by atoms with van der Waals surface area (Å²) in [5.74, 6) is 1.08. The molecule has 2 aliphatic carbocycles. The molecule has 0 N–H and O–H groups in total. The zero-order chi connectivity index (χ0) is 13.3. The van der Waals surface area contributed by atoms with Crippen molar-refractivity contribution in [2.24, 2.45) is 22.7 Å². The van der Waals surface area contributed by atoms with Crippen molar-refractivity contribution in [3.63, 3.8) is 0 Å². The number of ether oxygens (including phenoxy) is 1. The lowest BCUT2D eigenvalue weighted by molar-refractivity contribution is -0.139. The predicted molar refractivity (Wildman–Crippen MR) is 71.3 cm³/mol. The van der Waals surface area contributed by atoms with E-state index in [1.807, 2.05) is 0 Å². The summed E-state index contributed by atoms with van der Waals surface area (Å²) in [7, 11) is 0. The van der Waals surface area contributed by atoms with Crippen molar-refractivity contribution >= 4 is 5.78 Å². The van der Waals surface area contributed by atoms with Crippen molar-refractivity contribution in [3.8, 4) is 0 Å². The highest BCUT2D eigenvalue weighted by Gasteiger charge is 2.71. The van der Waals surface area contributed by atoms with Gasteiger partial charge in [0.1, 0.15) is 11.4 Å². The molecular formula is C16H26O2. The van der Waals surface area contributed by atoms with E-state index in [1.54, 1.807) is 6.92 Å². The summed E-state index contributed by atoms with van der Waals surface area (Å²) in [6.07, 6.45) is 5.23. The molecule has 2 heteroatoms. The van der Waals surface area contributed by atoms with Gasteiger partial charge in [0.15, 0.2) is 0 Å². The highest BCUT2D eigenvalue weighted by molar-refractivity contribution is 5.81. The van der Waals surface area contributed by atoms with Gasteiger partial charge in [-0.2, -0.15) is 0 Å². The molecule has 0 bridgehead atoms. The first-order valence-corrected chi connectivity index (χ1v) is 7.40. The number of carbonyl (C=O) groups excluding carboxylic acids is 1. The number of hydrogen-bond acceptors (Lipinski definition) is 2. The minimum atomic E-state index is -0.148. The van der Waals surface area contributed by atoms with Gasteiger partial charge in [-0.1, -0.05) is 27.2 Å². The Morgan fingerprint density at radius 2 is 1.83 bits per heavy atom. The molecule has 3 aliphatic rings. The second kappa shape index (κ2) is 3.39. The third-order valence-electron chi connectivity index (χ3n) is 6.34. The van der Waals surface area contributed by atoms with Crippen LogP contribution in [0.2, 0.25) is 0 Å². The third-order valence-corrected chi connectivity index (χ3v) is 6.34. The molecule has 2 saturated carbocycles. The largest absolute Gasteiger partial charge is 0.366 e. The van der Waals surface area contributed by atoms with Crippen molar-refractivity contribution in [2.45, 2.75) is 72.0 Å². The summed E-state index contributed by atoms with van der Waals surface area (Å²) in [5.41, 5.74) is 0.355. The minimum Gasteiger partial charge on any atom is -0.366 e. The number of carbonyl (C=O) groups is 1. The van der Waals surface area contributed by atoms with Crippen molar-refractivity contribution in [3.05, 3.63) is 0 Å². The maximum absolute atomic E-state index is 12.2. The molecule has 0 aromatic heterocycles. The van der Waals surface area contributed by atoms with Crippen LogP contribution in [0.3, 0.4) is 0 Å². The Labute approximate surface area is 110 Å². The first kappa shape index (κ1) is 12.7. The first-order chi connectivity index (χ1) is 8.22. The van der Waals surface area contributed by atoms with Gasteiger partial charge in [0, 0.05) is 0 Å². The van der Waals surface area contributed by atoms with Gasteiger partial charge in [-0.25, -0.2) is 0 Å². The highest BCUT2D eigenvalue weighted by atomic mass is 16.6. The molecule has 3 rings (SSSR count). The van der Waals surface area contributed by atoms with Crippen molar-refractivity contribution in [1.82, 2.24) is 0 Å². The van der Waals surface area contributed by atoms with Crippen LogP contribution < -0.4 is 0 Å². The van der Waals surface area contributed by atoms with Crippen molar-refractivity contribution < 1.29 is 9.53 Å². The van der Waals surface area contributed by atoms with Crippen LogP contribution in [0.15, 0.2) is 0 Å². The molecule has 3 unspecified atom stereocenters. The van der Waals surface area contributed by atoms with Crippen molar-refractivity contribution in [1.29, 1.82) is 0 Å². The molecule has 18 heavy (non-hydrogen) atoms. The van der Waals surface area contributed by atoms with Gasteiger partial charge in [0.25, 0.3) is 0 Å². The Bertz CT molecular complexity index is 400. The third kappa shape index (κ3) is 1.41. The van der Waals surface area contributed by atoms with E-state index in [0.717, 1.165) is 6.42 Å². The van der Waals surface area contributed by atoms with Gasteiger partial charge in [0.05, 0.1) is 12.0 Å². The molecule has 1 saturated heterocycles. The molecule has 5 atom stereocenters. The molecule has 0 radical (unpaired) electrons. The van der Waals surface area contributed by atoms with E-state index >= 15 is 0 Å². The molecule has 0 spiro atoms. The number of Topliss-reactive ketones (excluding diaryl/α,β-unsaturated/α-hetero) is 1. The van der Waals surface area contributed by atoms with Crippen LogP contribution in [-0.4, -0.2) is 17.5 Å². The van der Waals surface area contributed by atoms with Gasteiger partial charge in [-0.15, -0.1) is 0 Å². The second-order valence-corrected chi connectivity index (χ2v) is 7.97. The summed E-state index contributed by atoms with van der Waals surface area (Å²) < 4.78 is 5.97. The van der Waals surface area contributed by atoms with Crippen LogP contribution in [-0.2, 0) is 9.53 Å². The fourth-order valence-electron chi connectivity index (χ4n) is 5.65. The van der Waals surface area contributed by atoms with Gasteiger partial charge in [-0.3, -0.25) is 4.79 Å². The van der Waals surface area contributed by atoms with E-state index in [0.29, 0.717) is 23.2 Å². The zero-order valence-electron chi connectivity index (χ0n) is 12.4. The Morgan fingerprint density at radius 1 is 1.17 bits per heavy atom. The lowest BCUT2D eigenvalue weighted by Crippen LogP contribution is -2.56. The topological polar surface area (TPSA) is 29.6 Å². The average molecular weight is 250 g/mol. The van der Waals surface area contributed by atoms with Crippen molar-refractivity contribution in [2.75, 3.05) is 0 Å². The maximum Gasteiger partial charge on any atom is 0.136 e. The van der Waals surface area contributed by atoms with Crippen LogP contribution in [0.1, 0.15) is 60.3 Å². The van der Waals surface area contributed by atoms with Crippen LogP contribution in [0.5, 0.6) is 0 Å². The summed E-state index contributed by atoms with van der Waals surface area (Å²) in [6.45, 7) is 11.1. The van der Waals surface area contributed by atoms with E-state index in [2.05, 4.69) is 27.7 Å². The minimum absolute atomic E-state index is 0.105. The second-order valence-electron chi connectivity index (χ2n) is 7.97.